The first-order valence-corrected chi connectivity index (χ1v) is 12.2. The Hall–Kier alpha value is -2.03. The number of hydrogen-bond donors (Lipinski definition) is 2. The zero-order chi connectivity index (χ0) is 23.8. The highest BCUT2D eigenvalue weighted by molar-refractivity contribution is 6.42. The number of amides is 4. The zero-order valence-electron chi connectivity index (χ0n) is 18.7. The second-order valence-corrected chi connectivity index (χ2v) is 10.1. The number of piperidine rings is 1. The third kappa shape index (κ3) is 5.23. The van der Waals surface area contributed by atoms with Gasteiger partial charge < -0.3 is 25.1 Å². The van der Waals surface area contributed by atoms with E-state index in [-0.39, 0.29) is 23.3 Å². The number of nitrogens with zero attached hydrogens (tertiary/aromatic N) is 3. The molecule has 1 aromatic carbocycles. The summed E-state index contributed by atoms with van der Waals surface area (Å²) < 4.78 is 0. The van der Waals surface area contributed by atoms with Crippen molar-refractivity contribution < 1.29 is 19.5 Å². The van der Waals surface area contributed by atoms with Crippen LogP contribution in [0.2, 0.25) is 10.0 Å². The lowest BCUT2D eigenvalue weighted by Crippen LogP contribution is -2.58. The first-order valence-electron chi connectivity index (χ1n) is 11.5. The van der Waals surface area contributed by atoms with E-state index in [1.807, 2.05) is 0 Å². The predicted octanol–water partition coefficient (Wildman–Crippen LogP) is 3.21. The molecule has 3 aliphatic rings. The Morgan fingerprint density at radius 3 is 2.58 bits per heavy atom. The fraction of sp³-hybridized carbons (Fsp3) is 0.609. The maximum Gasteiger partial charge on any atom is 0.322 e. The second-order valence-electron chi connectivity index (χ2n) is 9.33. The number of rotatable bonds is 5. The lowest BCUT2D eigenvalue weighted by Gasteiger charge is -2.39. The van der Waals surface area contributed by atoms with Gasteiger partial charge in [-0.25, -0.2) is 4.79 Å². The molecule has 10 heteroatoms. The molecule has 2 heterocycles. The van der Waals surface area contributed by atoms with Gasteiger partial charge in [-0.2, -0.15) is 0 Å². The predicted molar refractivity (Wildman–Crippen MR) is 126 cm³/mol. The molecule has 2 saturated heterocycles. The summed E-state index contributed by atoms with van der Waals surface area (Å²) in [4.78, 5) is 43.0. The van der Waals surface area contributed by atoms with Gasteiger partial charge in [0.1, 0.15) is 6.04 Å². The number of nitrogens with one attached hydrogen (secondary N) is 1. The molecule has 1 aromatic rings. The van der Waals surface area contributed by atoms with Gasteiger partial charge in [0.05, 0.1) is 16.1 Å². The van der Waals surface area contributed by atoms with Crippen molar-refractivity contribution in [3.8, 4) is 0 Å². The summed E-state index contributed by atoms with van der Waals surface area (Å²) in [7, 11) is 0. The van der Waals surface area contributed by atoms with Gasteiger partial charge in [0, 0.05) is 44.8 Å². The molecule has 4 amide bonds. The summed E-state index contributed by atoms with van der Waals surface area (Å²) in [6.45, 7) is 4.11. The number of halogens is 2. The van der Waals surface area contributed by atoms with E-state index in [4.69, 9.17) is 23.2 Å². The van der Waals surface area contributed by atoms with Gasteiger partial charge in [0.15, 0.2) is 0 Å². The maximum absolute atomic E-state index is 12.8. The first-order chi connectivity index (χ1) is 15.7. The number of piperazine rings is 1. The normalized spacial score (nSPS) is 24.2. The molecule has 0 radical (unpaired) electrons. The van der Waals surface area contributed by atoms with Crippen molar-refractivity contribution >= 4 is 46.7 Å². The van der Waals surface area contributed by atoms with Crippen molar-refractivity contribution in [3.63, 3.8) is 0 Å². The van der Waals surface area contributed by atoms with Crippen LogP contribution in [0.25, 0.3) is 0 Å². The number of benzene rings is 1. The Morgan fingerprint density at radius 2 is 1.91 bits per heavy atom. The second kappa shape index (κ2) is 9.68. The van der Waals surface area contributed by atoms with Crippen LogP contribution in [0.3, 0.4) is 0 Å². The van der Waals surface area contributed by atoms with Gasteiger partial charge in [-0.05, 0) is 56.2 Å². The minimum atomic E-state index is -0.607. The van der Waals surface area contributed by atoms with E-state index < -0.39 is 12.1 Å². The van der Waals surface area contributed by atoms with E-state index in [9.17, 15) is 19.5 Å². The highest BCUT2D eigenvalue weighted by atomic mass is 35.5. The number of hydrogen-bond acceptors (Lipinski definition) is 4. The summed E-state index contributed by atoms with van der Waals surface area (Å²) in [5, 5.41) is 13.8. The number of β-amino-alcohol motifs (C(OH)–C–C–N with tert-alkyl or cyclic N) is 1. The number of likely N-dealkylation sites (tertiary alicyclic amines) is 1. The zero-order valence-corrected chi connectivity index (χ0v) is 20.2. The lowest BCUT2D eigenvalue weighted by atomic mass is 9.90. The molecule has 1 saturated carbocycles. The summed E-state index contributed by atoms with van der Waals surface area (Å²) >= 11 is 11.9. The van der Waals surface area contributed by atoms with E-state index in [2.05, 4.69) is 5.32 Å². The summed E-state index contributed by atoms with van der Waals surface area (Å²) in [6, 6.07) is 3.83. The van der Waals surface area contributed by atoms with Gasteiger partial charge in [-0.15, -0.1) is 0 Å². The van der Waals surface area contributed by atoms with Crippen LogP contribution >= 0.6 is 23.2 Å². The molecule has 0 unspecified atom stereocenters. The summed E-state index contributed by atoms with van der Waals surface area (Å²) in [5.41, 5.74) is 0.580. The van der Waals surface area contributed by atoms with Gasteiger partial charge in [-0.3, -0.25) is 9.59 Å². The molecule has 4 rings (SSSR count). The van der Waals surface area contributed by atoms with Gasteiger partial charge >= 0.3 is 6.03 Å². The Bertz CT molecular complexity index is 939. The van der Waals surface area contributed by atoms with Crippen LogP contribution in [0.5, 0.6) is 0 Å². The Labute approximate surface area is 203 Å². The van der Waals surface area contributed by atoms with Crippen LogP contribution in [0.4, 0.5) is 10.5 Å². The molecule has 1 aliphatic carbocycles. The van der Waals surface area contributed by atoms with Crippen LogP contribution in [-0.4, -0.2) is 82.5 Å². The molecule has 2 atom stereocenters. The smallest absolute Gasteiger partial charge is 0.322 e. The van der Waals surface area contributed by atoms with E-state index in [1.165, 1.54) is 4.90 Å². The van der Waals surface area contributed by atoms with Crippen LogP contribution in [-0.2, 0) is 9.59 Å². The monoisotopic (exact) mass is 496 g/mol. The fourth-order valence-electron chi connectivity index (χ4n) is 4.77. The van der Waals surface area contributed by atoms with Crippen LogP contribution < -0.4 is 5.32 Å². The quantitative estimate of drug-likeness (QED) is 0.654. The van der Waals surface area contributed by atoms with Crippen molar-refractivity contribution in [3.05, 3.63) is 28.2 Å². The molecule has 33 heavy (non-hydrogen) atoms. The Morgan fingerprint density at radius 1 is 1.15 bits per heavy atom. The number of urea groups is 1. The van der Waals surface area contributed by atoms with Crippen molar-refractivity contribution in [1.82, 2.24) is 14.7 Å². The van der Waals surface area contributed by atoms with Crippen molar-refractivity contribution in [2.24, 2.45) is 5.41 Å². The average molecular weight is 497 g/mol. The van der Waals surface area contributed by atoms with Crippen LogP contribution in [0.15, 0.2) is 18.2 Å². The van der Waals surface area contributed by atoms with Gasteiger partial charge in [0.25, 0.3) is 0 Å². The number of anilines is 1. The molecule has 1 spiro atoms. The number of aliphatic hydroxyl groups excluding tert-OH is 1. The standard InChI is InChI=1S/C23H30Cl2N4O4/c1-15-21(32)27(9-2-3-20(31)28-10-8-23(6-7-23)19(30)14-28)11-12-29(15)22(33)26-16-4-5-17(24)18(25)13-16/h4-5,13,15,19,30H,2-3,6-12,14H2,1H3,(H,26,33)/t15-,19+/m0/s1. The topological polar surface area (TPSA) is 93.2 Å². The third-order valence-electron chi connectivity index (χ3n) is 7.22. The Kier molecular flexibility index (Phi) is 7.07. The molecule has 0 aromatic heterocycles. The van der Waals surface area contributed by atoms with E-state index in [1.54, 1.807) is 34.9 Å². The van der Waals surface area contributed by atoms with Crippen LogP contribution in [0, 0.1) is 5.41 Å². The van der Waals surface area contributed by atoms with Crippen molar-refractivity contribution in [1.29, 1.82) is 0 Å². The molecule has 2 aliphatic heterocycles. The summed E-state index contributed by atoms with van der Waals surface area (Å²) in [6.07, 6.45) is 3.49. The SMILES string of the molecule is C[C@H]1C(=O)N(CCCC(=O)N2CCC3(CC3)[C@H](O)C2)CCN1C(=O)Nc1ccc(Cl)c(Cl)c1. The lowest BCUT2D eigenvalue weighted by molar-refractivity contribution is -0.140. The maximum atomic E-state index is 12.8. The molecule has 2 N–H and O–H groups in total. The average Bonchev–Trinajstić information content (AvgIpc) is 3.56. The first kappa shape index (κ1) is 24.1. The van der Waals surface area contributed by atoms with Gasteiger partial charge in [0.2, 0.25) is 11.8 Å². The van der Waals surface area contributed by atoms with E-state index >= 15 is 0 Å². The molecule has 3 fully saturated rings. The molecule has 180 valence electrons. The number of carbonyl (C=O) groups excluding carboxylic acids is 3. The van der Waals surface area contributed by atoms with Crippen molar-refractivity contribution in [2.45, 2.75) is 51.2 Å². The Balaban J connectivity index is 1.22. The molecule has 0 bridgehead atoms. The van der Waals surface area contributed by atoms with Crippen molar-refractivity contribution in [2.75, 3.05) is 38.0 Å². The minimum Gasteiger partial charge on any atom is -0.391 e. The molecule has 8 nitrogen and oxygen atoms in total. The van der Waals surface area contributed by atoms with E-state index in [0.29, 0.717) is 61.3 Å². The third-order valence-corrected chi connectivity index (χ3v) is 7.96. The molecular weight excluding hydrogens is 467 g/mol. The van der Waals surface area contributed by atoms with E-state index in [0.717, 1.165) is 19.3 Å². The minimum absolute atomic E-state index is 0.0321. The number of carbonyl (C=O) groups is 3. The highest BCUT2D eigenvalue weighted by Gasteiger charge is 2.51. The largest absolute Gasteiger partial charge is 0.391 e. The molecular formula is C23H30Cl2N4O4. The van der Waals surface area contributed by atoms with Gasteiger partial charge in [-0.1, -0.05) is 23.2 Å². The number of aliphatic hydroxyl groups is 1. The summed E-state index contributed by atoms with van der Waals surface area (Å²) in [5.74, 6) is -0.105. The van der Waals surface area contributed by atoms with Crippen LogP contribution in [0.1, 0.15) is 39.0 Å². The fourth-order valence-corrected chi connectivity index (χ4v) is 5.06. The highest BCUT2D eigenvalue weighted by Crippen LogP contribution is 2.53.